The quantitative estimate of drug-likeness (QED) is 0.195. The number of ketones is 1. The first-order valence-electron chi connectivity index (χ1n) is 10.9. The highest BCUT2D eigenvalue weighted by molar-refractivity contribution is 7.99. The molecule has 0 saturated heterocycles. The summed E-state index contributed by atoms with van der Waals surface area (Å²) < 4.78 is 17.7. The number of benzene rings is 3. The Morgan fingerprint density at radius 3 is 2.23 bits per heavy atom. The minimum absolute atomic E-state index is 0.0638. The van der Waals surface area contributed by atoms with E-state index < -0.39 is 0 Å². The number of aryl methyl sites for hydroxylation is 2. The van der Waals surface area contributed by atoms with E-state index in [-0.39, 0.29) is 17.1 Å². The molecule has 1 aromatic heterocycles. The van der Waals surface area contributed by atoms with Crippen molar-refractivity contribution in [3.8, 4) is 22.9 Å². The number of methoxy groups -OCH3 is 3. The van der Waals surface area contributed by atoms with Crippen LogP contribution in [0.4, 0.5) is 0 Å². The van der Waals surface area contributed by atoms with Gasteiger partial charge < -0.3 is 14.2 Å². The van der Waals surface area contributed by atoms with Crippen molar-refractivity contribution in [3.63, 3.8) is 0 Å². The van der Waals surface area contributed by atoms with Crippen LogP contribution in [0.3, 0.4) is 0 Å². The van der Waals surface area contributed by atoms with Gasteiger partial charge in [-0.25, -0.2) is 4.98 Å². The molecule has 7 nitrogen and oxygen atoms in total. The summed E-state index contributed by atoms with van der Waals surface area (Å²) in [5.41, 5.74) is 3.71. The van der Waals surface area contributed by atoms with Crippen molar-refractivity contribution in [2.24, 2.45) is 0 Å². The van der Waals surface area contributed by atoms with Crippen molar-refractivity contribution >= 4 is 28.4 Å². The molecule has 1 heterocycles. The van der Waals surface area contributed by atoms with Crippen LogP contribution in [0.2, 0.25) is 0 Å². The fourth-order valence-corrected chi connectivity index (χ4v) is 4.66. The van der Waals surface area contributed by atoms with Crippen molar-refractivity contribution in [3.05, 3.63) is 81.6 Å². The largest absolute Gasteiger partial charge is 0.493 e. The van der Waals surface area contributed by atoms with Crippen molar-refractivity contribution in [2.75, 3.05) is 27.1 Å². The predicted octanol–water partition coefficient (Wildman–Crippen LogP) is 5.00. The van der Waals surface area contributed by atoms with Crippen molar-refractivity contribution in [1.29, 1.82) is 0 Å². The molecule has 0 fully saturated rings. The third-order valence-electron chi connectivity index (χ3n) is 5.81. The van der Waals surface area contributed by atoms with E-state index in [1.54, 1.807) is 28.8 Å². The first-order valence-corrected chi connectivity index (χ1v) is 11.9. The number of ether oxygens (including phenoxy) is 3. The third kappa shape index (κ3) is 4.74. The monoisotopic (exact) mass is 490 g/mol. The highest BCUT2D eigenvalue weighted by Gasteiger charge is 2.19. The number of carbonyl (C=O) groups is 1. The molecule has 4 aromatic rings. The molecule has 0 aliphatic rings. The van der Waals surface area contributed by atoms with Crippen LogP contribution < -0.4 is 19.8 Å². The van der Waals surface area contributed by atoms with Gasteiger partial charge in [0, 0.05) is 5.56 Å². The number of Topliss-reactive ketones (excluding diaryl/α,β-unsaturated/α-hetero) is 1. The zero-order chi connectivity index (χ0) is 25.1. The summed E-state index contributed by atoms with van der Waals surface area (Å²) in [6.07, 6.45) is 0. The molecule has 0 amide bonds. The van der Waals surface area contributed by atoms with Gasteiger partial charge in [-0.3, -0.25) is 14.2 Å². The molecular formula is C27H26N2O5S. The van der Waals surface area contributed by atoms with E-state index >= 15 is 0 Å². The molecule has 0 spiro atoms. The lowest BCUT2D eigenvalue weighted by Gasteiger charge is -2.15. The first kappa shape index (κ1) is 24.3. The highest BCUT2D eigenvalue weighted by Crippen LogP contribution is 2.38. The van der Waals surface area contributed by atoms with Gasteiger partial charge in [-0.2, -0.15) is 0 Å². The van der Waals surface area contributed by atoms with Gasteiger partial charge in [-0.05, 0) is 61.4 Å². The molecule has 180 valence electrons. The van der Waals surface area contributed by atoms with E-state index in [0.29, 0.717) is 44.6 Å². The van der Waals surface area contributed by atoms with Gasteiger partial charge in [-0.15, -0.1) is 0 Å². The SMILES string of the molecule is COc1cc(C(=O)CSc2nc3ccccc3c(=O)n2-c2ccc(C)c(C)c2)cc(OC)c1OC. The number of rotatable bonds is 8. The number of hydrogen-bond acceptors (Lipinski definition) is 7. The summed E-state index contributed by atoms with van der Waals surface area (Å²) in [6.45, 7) is 4.02. The first-order chi connectivity index (χ1) is 16.9. The Morgan fingerprint density at radius 2 is 1.60 bits per heavy atom. The number of para-hydroxylation sites is 1. The number of thioether (sulfide) groups is 1. The van der Waals surface area contributed by atoms with Crippen LogP contribution in [0.5, 0.6) is 17.2 Å². The van der Waals surface area contributed by atoms with E-state index in [9.17, 15) is 9.59 Å². The zero-order valence-electron chi connectivity index (χ0n) is 20.2. The second-order valence-electron chi connectivity index (χ2n) is 7.95. The molecular weight excluding hydrogens is 464 g/mol. The molecule has 0 radical (unpaired) electrons. The fourth-order valence-electron chi connectivity index (χ4n) is 3.76. The maximum atomic E-state index is 13.5. The predicted molar refractivity (Wildman–Crippen MR) is 138 cm³/mol. The molecule has 8 heteroatoms. The van der Waals surface area contributed by atoms with Crippen LogP contribution >= 0.6 is 11.8 Å². The summed E-state index contributed by atoms with van der Waals surface area (Å²) in [5.74, 6) is 1.11. The Hall–Kier alpha value is -3.78. The topological polar surface area (TPSA) is 79.7 Å². The number of nitrogens with zero attached hydrogens (tertiary/aromatic N) is 2. The van der Waals surface area contributed by atoms with Gasteiger partial charge >= 0.3 is 0 Å². The van der Waals surface area contributed by atoms with E-state index in [2.05, 4.69) is 0 Å². The number of aromatic nitrogens is 2. The maximum absolute atomic E-state index is 13.5. The van der Waals surface area contributed by atoms with Gasteiger partial charge in [0.25, 0.3) is 5.56 Å². The summed E-state index contributed by atoms with van der Waals surface area (Å²) >= 11 is 1.21. The van der Waals surface area contributed by atoms with Crippen molar-refractivity contribution in [1.82, 2.24) is 9.55 Å². The van der Waals surface area contributed by atoms with Crippen LogP contribution in [0.15, 0.2) is 64.5 Å². The molecule has 4 rings (SSSR count). The lowest BCUT2D eigenvalue weighted by molar-refractivity contribution is 0.102. The highest BCUT2D eigenvalue weighted by atomic mass is 32.2. The van der Waals surface area contributed by atoms with Crippen LogP contribution in [0.25, 0.3) is 16.6 Å². The average molecular weight is 491 g/mol. The van der Waals surface area contributed by atoms with Crippen LogP contribution in [0.1, 0.15) is 21.5 Å². The summed E-state index contributed by atoms with van der Waals surface area (Å²) in [5, 5.41) is 0.962. The second kappa shape index (κ2) is 10.2. The lowest BCUT2D eigenvalue weighted by atomic mass is 10.1. The molecule has 0 atom stereocenters. The van der Waals surface area contributed by atoms with E-state index in [1.807, 2.05) is 44.2 Å². The van der Waals surface area contributed by atoms with Crippen LogP contribution in [-0.2, 0) is 0 Å². The van der Waals surface area contributed by atoms with E-state index in [4.69, 9.17) is 19.2 Å². The van der Waals surface area contributed by atoms with Gasteiger partial charge in [0.05, 0.1) is 43.7 Å². The maximum Gasteiger partial charge on any atom is 0.266 e. The molecule has 0 aliphatic carbocycles. The number of carbonyl (C=O) groups excluding carboxylic acids is 1. The third-order valence-corrected chi connectivity index (χ3v) is 6.75. The van der Waals surface area contributed by atoms with Gasteiger partial charge in [-0.1, -0.05) is 30.0 Å². The van der Waals surface area contributed by atoms with Crippen molar-refractivity contribution < 1.29 is 19.0 Å². The molecule has 35 heavy (non-hydrogen) atoms. The molecule has 0 saturated carbocycles. The second-order valence-corrected chi connectivity index (χ2v) is 8.89. The van der Waals surface area contributed by atoms with Crippen LogP contribution in [0, 0.1) is 13.8 Å². The normalized spacial score (nSPS) is 10.9. The Balaban J connectivity index is 1.75. The summed E-state index contributed by atoms with van der Waals surface area (Å²) in [7, 11) is 4.51. The number of fused-ring (bicyclic) bond motifs is 1. The van der Waals surface area contributed by atoms with Gasteiger partial charge in [0.2, 0.25) is 5.75 Å². The van der Waals surface area contributed by atoms with Gasteiger partial charge in [0.15, 0.2) is 22.4 Å². The smallest absolute Gasteiger partial charge is 0.266 e. The van der Waals surface area contributed by atoms with Crippen LogP contribution in [-0.4, -0.2) is 42.4 Å². The molecule has 3 aromatic carbocycles. The average Bonchev–Trinajstić information content (AvgIpc) is 2.88. The summed E-state index contributed by atoms with van der Waals surface area (Å²) in [6, 6.07) is 16.3. The van der Waals surface area contributed by atoms with Gasteiger partial charge in [0.1, 0.15) is 0 Å². The lowest BCUT2D eigenvalue weighted by Crippen LogP contribution is -2.22. The van der Waals surface area contributed by atoms with E-state index in [0.717, 1.165) is 11.1 Å². The Labute approximate surface area is 207 Å². The number of hydrogen-bond donors (Lipinski definition) is 0. The minimum Gasteiger partial charge on any atom is -0.493 e. The Morgan fingerprint density at radius 1 is 0.914 bits per heavy atom. The fraction of sp³-hybridized carbons (Fsp3) is 0.222. The molecule has 0 unspecified atom stereocenters. The Bertz CT molecular complexity index is 1450. The summed E-state index contributed by atoms with van der Waals surface area (Å²) in [4.78, 5) is 31.4. The van der Waals surface area contributed by atoms with E-state index in [1.165, 1.54) is 33.1 Å². The molecule has 0 aliphatic heterocycles. The minimum atomic E-state index is -0.179. The zero-order valence-corrected chi connectivity index (χ0v) is 21.1. The Kier molecular flexibility index (Phi) is 7.12. The standard InChI is InChI=1S/C27H26N2O5S/c1-16-10-11-19(12-17(16)2)29-26(31)20-8-6-7-9-21(20)28-27(29)35-15-22(30)18-13-23(32-3)25(34-5)24(14-18)33-4/h6-14H,15H2,1-5H3. The molecule has 0 bridgehead atoms. The molecule has 0 N–H and O–H groups in total. The van der Waals surface area contributed by atoms with Crippen molar-refractivity contribution in [2.45, 2.75) is 19.0 Å².